The lowest BCUT2D eigenvalue weighted by Gasteiger charge is -1.99. The van der Waals surface area contributed by atoms with Crippen molar-refractivity contribution in [2.75, 3.05) is 6.61 Å². The minimum Gasteiger partial charge on any atom is -0.492 e. The fourth-order valence-electron chi connectivity index (χ4n) is 0.566. The quantitative estimate of drug-likeness (QED) is 0.695. The average Bonchev–Trinajstić information content (AvgIpc) is 2.03. The Morgan fingerprint density at radius 2 is 2.33 bits per heavy atom. The molecule has 0 bridgehead atoms. The van der Waals surface area contributed by atoms with Gasteiger partial charge in [0.05, 0.1) is 0 Å². The normalized spacial score (nSPS) is 9.42. The fraction of sp³-hybridized carbons (Fsp3) is 0.286. The van der Waals surface area contributed by atoms with Crippen LogP contribution in [0.1, 0.15) is 6.92 Å². The van der Waals surface area contributed by atoms with Crippen molar-refractivity contribution in [3.63, 3.8) is 0 Å². The van der Waals surface area contributed by atoms with Gasteiger partial charge < -0.3 is 9.84 Å². The first-order chi connectivity index (χ1) is 5.68. The number of nitrogens with zero attached hydrogens (tertiary/aromatic N) is 2. The van der Waals surface area contributed by atoms with Crippen LogP contribution in [0.25, 0.3) is 0 Å². The summed E-state index contributed by atoms with van der Waals surface area (Å²) in [5.41, 5.74) is 0. The number of aromatic nitrogens is 2. The molecule has 0 fully saturated rings. The zero-order valence-corrected chi connectivity index (χ0v) is 6.52. The third-order valence-electron chi connectivity index (χ3n) is 1.05. The number of ether oxygens (including phenoxy) is 1. The van der Waals surface area contributed by atoms with Gasteiger partial charge >= 0.3 is 0 Å². The van der Waals surface area contributed by atoms with Crippen molar-refractivity contribution in [1.29, 1.82) is 0 Å². The summed E-state index contributed by atoms with van der Waals surface area (Å²) < 4.78 is 4.89. The SMILES string of the molecule is CC(=O)COc1ccc(O)nn1. The number of ketones is 1. The number of aromatic hydroxyl groups is 1. The van der Waals surface area contributed by atoms with E-state index in [9.17, 15) is 4.79 Å². The van der Waals surface area contributed by atoms with E-state index >= 15 is 0 Å². The van der Waals surface area contributed by atoms with Crippen LogP contribution in [0.5, 0.6) is 11.8 Å². The van der Waals surface area contributed by atoms with Gasteiger partial charge in [-0.25, -0.2) is 0 Å². The van der Waals surface area contributed by atoms with Crippen molar-refractivity contribution >= 4 is 5.78 Å². The number of Topliss-reactive ketones (excluding diaryl/α,β-unsaturated/α-hetero) is 1. The molecule has 0 aliphatic rings. The number of carbonyl (C=O) groups is 1. The van der Waals surface area contributed by atoms with Crippen LogP contribution in [0.2, 0.25) is 0 Å². The van der Waals surface area contributed by atoms with E-state index in [-0.39, 0.29) is 24.2 Å². The molecule has 1 aromatic rings. The lowest BCUT2D eigenvalue weighted by atomic mass is 10.5. The lowest BCUT2D eigenvalue weighted by molar-refractivity contribution is -0.119. The molecule has 0 aliphatic carbocycles. The molecule has 1 aromatic heterocycles. The molecule has 5 nitrogen and oxygen atoms in total. The molecule has 0 aromatic carbocycles. The Bertz CT molecular complexity index is 270. The van der Waals surface area contributed by atoms with Gasteiger partial charge in [0.25, 0.3) is 0 Å². The zero-order valence-electron chi connectivity index (χ0n) is 6.52. The summed E-state index contributed by atoms with van der Waals surface area (Å²) in [5, 5.41) is 15.5. The van der Waals surface area contributed by atoms with Gasteiger partial charge in [-0.05, 0) is 6.92 Å². The zero-order chi connectivity index (χ0) is 8.97. The minimum absolute atomic E-state index is 0.0283. The highest BCUT2D eigenvalue weighted by Gasteiger charge is 1.98. The first-order valence-corrected chi connectivity index (χ1v) is 3.33. The van der Waals surface area contributed by atoms with E-state index in [2.05, 4.69) is 10.2 Å². The molecule has 0 radical (unpaired) electrons. The summed E-state index contributed by atoms with van der Waals surface area (Å²) in [6, 6.07) is 2.77. The second kappa shape index (κ2) is 3.66. The Hall–Kier alpha value is -1.65. The maximum Gasteiger partial charge on any atom is 0.234 e. The largest absolute Gasteiger partial charge is 0.492 e. The van der Waals surface area contributed by atoms with Gasteiger partial charge in [0.1, 0.15) is 6.61 Å². The third-order valence-corrected chi connectivity index (χ3v) is 1.05. The van der Waals surface area contributed by atoms with Crippen LogP contribution < -0.4 is 4.74 Å². The summed E-state index contributed by atoms with van der Waals surface area (Å²) in [5.74, 6) is -0.0435. The molecular formula is C7H8N2O3. The van der Waals surface area contributed by atoms with E-state index in [0.29, 0.717) is 0 Å². The second-order valence-electron chi connectivity index (χ2n) is 2.22. The molecule has 1 N–H and O–H groups in total. The smallest absolute Gasteiger partial charge is 0.234 e. The van der Waals surface area contributed by atoms with E-state index in [0.717, 1.165) is 0 Å². The Kier molecular flexibility index (Phi) is 2.57. The summed E-state index contributed by atoms with van der Waals surface area (Å²) in [6.07, 6.45) is 0. The van der Waals surface area contributed by atoms with Gasteiger partial charge in [0.2, 0.25) is 11.8 Å². The molecule has 5 heteroatoms. The average molecular weight is 168 g/mol. The Balaban J connectivity index is 2.53. The van der Waals surface area contributed by atoms with Crippen molar-refractivity contribution in [3.05, 3.63) is 12.1 Å². The van der Waals surface area contributed by atoms with Crippen LogP contribution in [0.4, 0.5) is 0 Å². The van der Waals surface area contributed by atoms with Crippen LogP contribution in [0.15, 0.2) is 12.1 Å². The lowest BCUT2D eigenvalue weighted by Crippen LogP contribution is -2.07. The second-order valence-corrected chi connectivity index (χ2v) is 2.22. The predicted molar refractivity (Wildman–Crippen MR) is 39.9 cm³/mol. The van der Waals surface area contributed by atoms with Crippen LogP contribution in [0.3, 0.4) is 0 Å². The topological polar surface area (TPSA) is 72.3 Å². The van der Waals surface area contributed by atoms with E-state index < -0.39 is 0 Å². The van der Waals surface area contributed by atoms with Crippen LogP contribution in [0, 0.1) is 0 Å². The summed E-state index contributed by atoms with van der Waals surface area (Å²) in [7, 11) is 0. The van der Waals surface area contributed by atoms with Crippen molar-refractivity contribution in [2.24, 2.45) is 0 Å². The van der Waals surface area contributed by atoms with Gasteiger partial charge in [0.15, 0.2) is 5.78 Å². The molecule has 0 unspecified atom stereocenters. The molecule has 1 rings (SSSR count). The van der Waals surface area contributed by atoms with Crippen molar-refractivity contribution < 1.29 is 14.6 Å². The van der Waals surface area contributed by atoms with Gasteiger partial charge in [0, 0.05) is 12.1 Å². The van der Waals surface area contributed by atoms with Gasteiger partial charge in [-0.3, -0.25) is 4.79 Å². The van der Waals surface area contributed by atoms with Crippen molar-refractivity contribution in [2.45, 2.75) is 6.92 Å². The predicted octanol–water partition coefficient (Wildman–Crippen LogP) is 0.150. The number of hydrogen-bond donors (Lipinski definition) is 1. The molecular weight excluding hydrogens is 160 g/mol. The highest BCUT2D eigenvalue weighted by atomic mass is 16.5. The minimum atomic E-state index is -0.176. The summed E-state index contributed by atoms with van der Waals surface area (Å²) in [6.45, 7) is 1.38. The molecule has 0 atom stereocenters. The van der Waals surface area contributed by atoms with E-state index in [1.54, 1.807) is 0 Å². The maximum atomic E-state index is 10.5. The van der Waals surface area contributed by atoms with E-state index in [4.69, 9.17) is 9.84 Å². The van der Waals surface area contributed by atoms with Crippen LogP contribution >= 0.6 is 0 Å². The molecule has 12 heavy (non-hydrogen) atoms. The van der Waals surface area contributed by atoms with Crippen LogP contribution in [-0.2, 0) is 4.79 Å². The van der Waals surface area contributed by atoms with E-state index in [1.807, 2.05) is 0 Å². The number of rotatable bonds is 3. The molecule has 0 spiro atoms. The van der Waals surface area contributed by atoms with Crippen molar-refractivity contribution in [1.82, 2.24) is 10.2 Å². The van der Waals surface area contributed by atoms with Gasteiger partial charge in [-0.15, -0.1) is 10.2 Å². The summed E-state index contributed by atoms with van der Waals surface area (Å²) in [4.78, 5) is 10.5. The van der Waals surface area contributed by atoms with E-state index in [1.165, 1.54) is 19.1 Å². The number of hydrogen-bond acceptors (Lipinski definition) is 5. The molecule has 0 saturated carbocycles. The monoisotopic (exact) mass is 168 g/mol. The molecule has 1 heterocycles. The Morgan fingerprint density at radius 1 is 1.58 bits per heavy atom. The first-order valence-electron chi connectivity index (χ1n) is 3.33. The molecule has 0 aliphatic heterocycles. The maximum absolute atomic E-state index is 10.5. The standard InChI is InChI=1S/C7H8N2O3/c1-5(10)4-12-7-3-2-6(11)8-9-7/h2-3H,4H2,1H3,(H,8,11). The molecule has 0 amide bonds. The Labute approximate surface area is 69.0 Å². The highest BCUT2D eigenvalue weighted by molar-refractivity contribution is 5.76. The molecule has 0 saturated heterocycles. The fourth-order valence-corrected chi connectivity index (χ4v) is 0.566. The van der Waals surface area contributed by atoms with Crippen LogP contribution in [-0.4, -0.2) is 27.7 Å². The summed E-state index contributed by atoms with van der Waals surface area (Å²) >= 11 is 0. The number of carbonyl (C=O) groups excluding carboxylic acids is 1. The Morgan fingerprint density at radius 3 is 2.83 bits per heavy atom. The molecule has 64 valence electrons. The van der Waals surface area contributed by atoms with Gasteiger partial charge in [-0.2, -0.15) is 0 Å². The highest BCUT2D eigenvalue weighted by Crippen LogP contribution is 2.07. The third kappa shape index (κ3) is 2.53. The van der Waals surface area contributed by atoms with Gasteiger partial charge in [-0.1, -0.05) is 0 Å². The first kappa shape index (κ1) is 8.45. The van der Waals surface area contributed by atoms with Crippen molar-refractivity contribution in [3.8, 4) is 11.8 Å².